The van der Waals surface area contributed by atoms with Crippen molar-refractivity contribution >= 4 is 12.0 Å². The number of rotatable bonds is 7. The van der Waals surface area contributed by atoms with Gasteiger partial charge in [-0.1, -0.05) is 24.8 Å². The lowest BCUT2D eigenvalue weighted by atomic mass is 10.1. The molecule has 0 bridgehead atoms. The fourth-order valence-corrected chi connectivity index (χ4v) is 1.43. The molecule has 1 aromatic carbocycles. The zero-order valence-electron chi connectivity index (χ0n) is 9.89. The van der Waals surface area contributed by atoms with Gasteiger partial charge >= 0.3 is 5.97 Å². The van der Waals surface area contributed by atoms with Crippen LogP contribution in [0, 0.1) is 0 Å². The fourth-order valence-electron chi connectivity index (χ4n) is 1.43. The maximum absolute atomic E-state index is 11.6. The minimum absolute atomic E-state index is 0.190. The van der Waals surface area contributed by atoms with E-state index in [-0.39, 0.29) is 12.6 Å². The van der Waals surface area contributed by atoms with E-state index >= 15 is 0 Å². The number of carbonyl (C=O) groups excluding carboxylic acids is 1. The Balaban J connectivity index is 2.38. The summed E-state index contributed by atoms with van der Waals surface area (Å²) in [5, 5.41) is 8.59. The summed E-state index contributed by atoms with van der Waals surface area (Å²) in [6, 6.07) is 7.16. The first-order valence-electron chi connectivity index (χ1n) is 5.78. The summed E-state index contributed by atoms with van der Waals surface area (Å²) in [4.78, 5) is 11.6. The van der Waals surface area contributed by atoms with Crippen LogP contribution in [0.25, 0.3) is 6.08 Å². The van der Waals surface area contributed by atoms with Gasteiger partial charge in [-0.2, -0.15) is 0 Å². The highest BCUT2D eigenvalue weighted by Gasteiger charge is 2.06. The highest BCUT2D eigenvalue weighted by atomic mass is 16.5. The molecule has 0 amide bonds. The van der Waals surface area contributed by atoms with Gasteiger partial charge in [-0.25, -0.2) is 4.79 Å². The standard InChI is InChI=1S/C14H18O3/c1-2-12-7-6-8-13(11-12)14(16)17-10-5-3-4-9-15/h2,6-8,11,15H,1,3-5,9-10H2. The van der Waals surface area contributed by atoms with Crippen LogP contribution in [-0.2, 0) is 4.74 Å². The largest absolute Gasteiger partial charge is 0.462 e. The molecule has 1 aromatic rings. The molecule has 0 heterocycles. The molecule has 0 spiro atoms. The first-order valence-corrected chi connectivity index (χ1v) is 5.78. The van der Waals surface area contributed by atoms with Gasteiger partial charge in [0.2, 0.25) is 0 Å². The molecule has 0 aliphatic heterocycles. The van der Waals surface area contributed by atoms with Crippen LogP contribution in [0.2, 0.25) is 0 Å². The number of esters is 1. The van der Waals surface area contributed by atoms with Crippen LogP contribution in [0.5, 0.6) is 0 Å². The lowest BCUT2D eigenvalue weighted by Gasteiger charge is -2.05. The van der Waals surface area contributed by atoms with E-state index < -0.39 is 0 Å². The van der Waals surface area contributed by atoms with Crippen molar-refractivity contribution in [2.24, 2.45) is 0 Å². The van der Waals surface area contributed by atoms with Crippen LogP contribution < -0.4 is 0 Å². The van der Waals surface area contributed by atoms with Crippen LogP contribution in [0.4, 0.5) is 0 Å². The van der Waals surface area contributed by atoms with E-state index in [0.29, 0.717) is 12.2 Å². The van der Waals surface area contributed by atoms with E-state index in [1.54, 1.807) is 24.3 Å². The first kappa shape index (κ1) is 13.5. The van der Waals surface area contributed by atoms with E-state index in [1.165, 1.54) is 0 Å². The Bertz CT molecular complexity index is 371. The van der Waals surface area contributed by atoms with Crippen LogP contribution >= 0.6 is 0 Å². The van der Waals surface area contributed by atoms with E-state index in [2.05, 4.69) is 6.58 Å². The zero-order chi connectivity index (χ0) is 12.5. The van der Waals surface area contributed by atoms with Gasteiger partial charge < -0.3 is 9.84 Å². The number of benzene rings is 1. The number of aliphatic hydroxyl groups excluding tert-OH is 1. The highest BCUT2D eigenvalue weighted by molar-refractivity contribution is 5.90. The van der Waals surface area contributed by atoms with E-state index in [4.69, 9.17) is 9.84 Å². The Morgan fingerprint density at radius 1 is 1.35 bits per heavy atom. The van der Waals surface area contributed by atoms with E-state index in [9.17, 15) is 4.79 Å². The normalized spacial score (nSPS) is 9.94. The summed E-state index contributed by atoms with van der Waals surface area (Å²) >= 11 is 0. The second kappa shape index (κ2) is 7.63. The smallest absolute Gasteiger partial charge is 0.338 e. The van der Waals surface area contributed by atoms with Gasteiger partial charge in [-0.15, -0.1) is 0 Å². The lowest BCUT2D eigenvalue weighted by molar-refractivity contribution is 0.0496. The van der Waals surface area contributed by atoms with Crippen molar-refractivity contribution < 1.29 is 14.6 Å². The SMILES string of the molecule is C=Cc1cccc(C(=O)OCCCCCO)c1. The molecule has 0 saturated carbocycles. The summed E-state index contributed by atoms with van der Waals surface area (Å²) in [5.41, 5.74) is 1.45. The molecule has 1 N–H and O–H groups in total. The number of hydrogen-bond donors (Lipinski definition) is 1. The van der Waals surface area contributed by atoms with Crippen molar-refractivity contribution in [3.8, 4) is 0 Å². The van der Waals surface area contributed by atoms with E-state index in [1.807, 2.05) is 6.07 Å². The van der Waals surface area contributed by atoms with Crippen molar-refractivity contribution in [1.29, 1.82) is 0 Å². The lowest BCUT2D eigenvalue weighted by Crippen LogP contribution is -2.06. The molecule has 92 valence electrons. The second-order valence-electron chi connectivity index (χ2n) is 3.75. The maximum Gasteiger partial charge on any atom is 0.338 e. The minimum atomic E-state index is -0.308. The van der Waals surface area contributed by atoms with Crippen LogP contribution in [-0.4, -0.2) is 24.3 Å². The average molecular weight is 234 g/mol. The van der Waals surface area contributed by atoms with Crippen molar-refractivity contribution in [3.63, 3.8) is 0 Å². The molecule has 0 aromatic heterocycles. The zero-order valence-corrected chi connectivity index (χ0v) is 9.89. The van der Waals surface area contributed by atoms with Crippen LogP contribution in [0.3, 0.4) is 0 Å². The molecule has 0 radical (unpaired) electrons. The van der Waals surface area contributed by atoms with Crippen molar-refractivity contribution in [2.75, 3.05) is 13.2 Å². The molecule has 17 heavy (non-hydrogen) atoms. The summed E-state index contributed by atoms with van der Waals surface area (Å²) < 4.78 is 5.12. The predicted molar refractivity (Wildman–Crippen MR) is 67.8 cm³/mol. The second-order valence-corrected chi connectivity index (χ2v) is 3.75. The number of carbonyl (C=O) groups is 1. The molecule has 3 heteroatoms. The molecular formula is C14H18O3. The summed E-state index contributed by atoms with van der Waals surface area (Å²) in [7, 11) is 0. The minimum Gasteiger partial charge on any atom is -0.462 e. The number of aliphatic hydroxyl groups is 1. The number of hydrogen-bond acceptors (Lipinski definition) is 3. The Kier molecular flexibility index (Phi) is 6.04. The van der Waals surface area contributed by atoms with Gasteiger partial charge in [0.1, 0.15) is 0 Å². The third-order valence-corrected chi connectivity index (χ3v) is 2.39. The third kappa shape index (κ3) is 4.83. The van der Waals surface area contributed by atoms with E-state index in [0.717, 1.165) is 24.8 Å². The Hall–Kier alpha value is -1.61. The molecule has 0 unspecified atom stereocenters. The van der Waals surface area contributed by atoms with Gasteiger partial charge in [0, 0.05) is 6.61 Å². The monoisotopic (exact) mass is 234 g/mol. The molecule has 0 fully saturated rings. The molecule has 0 saturated heterocycles. The highest BCUT2D eigenvalue weighted by Crippen LogP contribution is 2.08. The predicted octanol–water partition coefficient (Wildman–Crippen LogP) is 2.65. The van der Waals surface area contributed by atoms with Gasteiger partial charge in [-0.05, 0) is 37.0 Å². The maximum atomic E-state index is 11.6. The van der Waals surface area contributed by atoms with Gasteiger partial charge in [-0.3, -0.25) is 0 Å². The molecule has 1 rings (SSSR count). The Morgan fingerprint density at radius 3 is 2.88 bits per heavy atom. The summed E-state index contributed by atoms with van der Waals surface area (Å²) in [6.45, 7) is 4.24. The van der Waals surface area contributed by atoms with Gasteiger partial charge in [0.25, 0.3) is 0 Å². The topological polar surface area (TPSA) is 46.5 Å². The average Bonchev–Trinajstić information content (AvgIpc) is 2.38. The summed E-state index contributed by atoms with van der Waals surface area (Å²) in [6.07, 6.45) is 4.10. The Labute approximate surface area is 102 Å². The summed E-state index contributed by atoms with van der Waals surface area (Å²) in [5.74, 6) is -0.308. The van der Waals surface area contributed by atoms with Crippen molar-refractivity contribution in [3.05, 3.63) is 42.0 Å². The Morgan fingerprint density at radius 2 is 2.18 bits per heavy atom. The van der Waals surface area contributed by atoms with Crippen molar-refractivity contribution in [1.82, 2.24) is 0 Å². The molecule has 3 nitrogen and oxygen atoms in total. The van der Waals surface area contributed by atoms with Gasteiger partial charge in [0.15, 0.2) is 0 Å². The third-order valence-electron chi connectivity index (χ3n) is 2.39. The first-order chi connectivity index (χ1) is 8.27. The van der Waals surface area contributed by atoms with Crippen molar-refractivity contribution in [2.45, 2.75) is 19.3 Å². The van der Waals surface area contributed by atoms with Crippen LogP contribution in [0.1, 0.15) is 35.2 Å². The number of unbranched alkanes of at least 4 members (excludes halogenated alkanes) is 2. The quantitative estimate of drug-likeness (QED) is 0.582. The molecule has 0 atom stereocenters. The molecular weight excluding hydrogens is 216 g/mol. The van der Waals surface area contributed by atoms with Gasteiger partial charge in [0.05, 0.1) is 12.2 Å². The van der Waals surface area contributed by atoms with Crippen LogP contribution in [0.15, 0.2) is 30.8 Å². The fraction of sp³-hybridized carbons (Fsp3) is 0.357. The molecule has 0 aliphatic carbocycles. The molecule has 0 aliphatic rings. The number of ether oxygens (including phenoxy) is 1.